The van der Waals surface area contributed by atoms with Gasteiger partial charge in [0.2, 0.25) is 5.91 Å². The van der Waals surface area contributed by atoms with Gasteiger partial charge in [-0.2, -0.15) is 0 Å². The second kappa shape index (κ2) is 8.08. The number of nitrogens with zero attached hydrogens (tertiary/aromatic N) is 1. The van der Waals surface area contributed by atoms with Crippen molar-refractivity contribution in [1.29, 1.82) is 0 Å². The molecule has 0 aromatic rings. The van der Waals surface area contributed by atoms with Gasteiger partial charge in [-0.25, -0.2) is 8.42 Å². The lowest BCUT2D eigenvalue weighted by atomic mass is 10.3. The summed E-state index contributed by atoms with van der Waals surface area (Å²) < 4.78 is 23.1. The molecule has 0 saturated heterocycles. The second-order valence-electron chi connectivity index (χ2n) is 4.06. The Morgan fingerprint density at radius 2 is 1.89 bits per heavy atom. The van der Waals surface area contributed by atoms with Crippen LogP contribution in [0.2, 0.25) is 0 Å². The first kappa shape index (κ1) is 16.9. The molecule has 0 rings (SSSR count). The number of rotatable bonds is 7. The van der Waals surface area contributed by atoms with Crippen molar-refractivity contribution in [2.24, 2.45) is 0 Å². The summed E-state index contributed by atoms with van der Waals surface area (Å²) in [5, 5.41) is 0. The standard InChI is InChI=1S/C13H23NO3S/c1-5-8-9-10-13(15)14(6-2)12(4)11-18(16,17)7-3/h5,8-10,12H,6-7,11H2,1-4H3. The lowest BCUT2D eigenvalue weighted by Crippen LogP contribution is -2.41. The number of likely N-dealkylation sites (N-methyl/N-ethyl adjacent to an activating group) is 1. The van der Waals surface area contributed by atoms with Crippen LogP contribution < -0.4 is 0 Å². The molecule has 0 aliphatic rings. The first-order chi connectivity index (χ1) is 8.37. The van der Waals surface area contributed by atoms with E-state index >= 15 is 0 Å². The molecule has 0 aromatic carbocycles. The van der Waals surface area contributed by atoms with E-state index in [1.165, 1.54) is 6.08 Å². The Morgan fingerprint density at radius 1 is 1.28 bits per heavy atom. The van der Waals surface area contributed by atoms with Crippen molar-refractivity contribution in [2.45, 2.75) is 33.7 Å². The monoisotopic (exact) mass is 273 g/mol. The van der Waals surface area contributed by atoms with Crippen molar-refractivity contribution >= 4 is 15.7 Å². The molecular formula is C13H23NO3S. The van der Waals surface area contributed by atoms with Gasteiger partial charge in [0.1, 0.15) is 0 Å². The highest BCUT2D eigenvalue weighted by Crippen LogP contribution is 2.05. The average Bonchev–Trinajstić information content (AvgIpc) is 2.29. The van der Waals surface area contributed by atoms with Gasteiger partial charge in [-0.1, -0.05) is 25.2 Å². The third-order valence-electron chi connectivity index (χ3n) is 2.63. The molecule has 0 aliphatic heterocycles. The van der Waals surface area contributed by atoms with Crippen LogP contribution in [0.3, 0.4) is 0 Å². The van der Waals surface area contributed by atoms with Crippen molar-refractivity contribution in [3.63, 3.8) is 0 Å². The molecule has 18 heavy (non-hydrogen) atoms. The Labute approximate surface area is 110 Å². The zero-order valence-corrected chi connectivity index (χ0v) is 12.4. The quantitative estimate of drug-likeness (QED) is 0.525. The van der Waals surface area contributed by atoms with Crippen molar-refractivity contribution in [3.8, 4) is 0 Å². The van der Waals surface area contributed by atoms with Crippen LogP contribution in [0, 0.1) is 0 Å². The van der Waals surface area contributed by atoms with E-state index < -0.39 is 9.84 Å². The fourth-order valence-electron chi connectivity index (χ4n) is 1.60. The third kappa shape index (κ3) is 6.00. The van der Waals surface area contributed by atoms with E-state index in [0.717, 1.165) is 0 Å². The van der Waals surface area contributed by atoms with Gasteiger partial charge in [0, 0.05) is 24.4 Å². The van der Waals surface area contributed by atoms with Crippen LogP contribution in [-0.4, -0.2) is 43.3 Å². The van der Waals surface area contributed by atoms with E-state index in [1.807, 2.05) is 19.9 Å². The summed E-state index contributed by atoms with van der Waals surface area (Å²) in [5.74, 6) is -0.0349. The third-order valence-corrected chi connectivity index (χ3v) is 4.50. The van der Waals surface area contributed by atoms with Gasteiger partial charge >= 0.3 is 0 Å². The number of hydrogen-bond acceptors (Lipinski definition) is 3. The smallest absolute Gasteiger partial charge is 0.246 e. The highest BCUT2D eigenvalue weighted by molar-refractivity contribution is 7.91. The molecule has 0 saturated carbocycles. The maximum atomic E-state index is 11.9. The van der Waals surface area contributed by atoms with E-state index in [0.29, 0.717) is 6.54 Å². The molecule has 0 fully saturated rings. The SMILES string of the molecule is CC=CC=CC(=O)N(CC)C(C)CS(=O)(=O)CC. The topological polar surface area (TPSA) is 54.5 Å². The molecule has 0 bridgehead atoms. The van der Waals surface area contributed by atoms with Crippen LogP contribution in [0.15, 0.2) is 24.3 Å². The van der Waals surface area contributed by atoms with Crippen molar-refractivity contribution in [1.82, 2.24) is 4.90 Å². The number of hydrogen-bond donors (Lipinski definition) is 0. The van der Waals surface area contributed by atoms with Gasteiger partial charge in [0.25, 0.3) is 0 Å². The Morgan fingerprint density at radius 3 is 2.33 bits per heavy atom. The molecule has 104 valence electrons. The summed E-state index contributed by atoms with van der Waals surface area (Å²) in [5.41, 5.74) is 0. The zero-order valence-electron chi connectivity index (χ0n) is 11.6. The molecule has 1 atom stereocenters. The molecule has 1 unspecified atom stereocenters. The van der Waals surface area contributed by atoms with Gasteiger partial charge in [-0.15, -0.1) is 0 Å². The Kier molecular flexibility index (Phi) is 7.59. The molecule has 0 N–H and O–H groups in total. The number of carbonyl (C=O) groups is 1. The van der Waals surface area contributed by atoms with Crippen LogP contribution in [0.5, 0.6) is 0 Å². The molecule has 0 spiro atoms. The predicted molar refractivity (Wildman–Crippen MR) is 75.1 cm³/mol. The van der Waals surface area contributed by atoms with E-state index in [2.05, 4.69) is 0 Å². The average molecular weight is 273 g/mol. The fourth-order valence-corrected chi connectivity index (χ4v) is 2.76. The summed E-state index contributed by atoms with van der Waals surface area (Å²) in [6, 6.07) is -0.303. The first-order valence-electron chi connectivity index (χ1n) is 6.18. The van der Waals surface area contributed by atoms with Crippen molar-refractivity contribution in [3.05, 3.63) is 24.3 Å². The Bertz CT molecular complexity index is 410. The number of carbonyl (C=O) groups excluding carboxylic acids is 1. The predicted octanol–water partition coefficient (Wildman–Crippen LogP) is 1.79. The van der Waals surface area contributed by atoms with Gasteiger partial charge < -0.3 is 4.90 Å². The molecule has 0 heterocycles. The van der Waals surface area contributed by atoms with E-state index in [9.17, 15) is 13.2 Å². The van der Waals surface area contributed by atoms with Gasteiger partial charge in [0.15, 0.2) is 9.84 Å². The van der Waals surface area contributed by atoms with E-state index in [4.69, 9.17) is 0 Å². The van der Waals surface area contributed by atoms with Gasteiger partial charge in [-0.3, -0.25) is 4.79 Å². The largest absolute Gasteiger partial charge is 0.336 e. The molecule has 1 amide bonds. The molecule has 5 heteroatoms. The van der Waals surface area contributed by atoms with Crippen LogP contribution >= 0.6 is 0 Å². The van der Waals surface area contributed by atoms with Crippen molar-refractivity contribution in [2.75, 3.05) is 18.1 Å². The highest BCUT2D eigenvalue weighted by atomic mass is 32.2. The summed E-state index contributed by atoms with van der Waals surface area (Å²) in [4.78, 5) is 13.4. The number of allylic oxidation sites excluding steroid dienone is 3. The normalized spacial score (nSPS) is 14.2. The summed E-state index contributed by atoms with van der Waals surface area (Å²) >= 11 is 0. The summed E-state index contributed by atoms with van der Waals surface area (Å²) in [7, 11) is -3.06. The lowest BCUT2D eigenvalue weighted by Gasteiger charge is -2.26. The molecular weight excluding hydrogens is 250 g/mol. The molecule has 0 aromatic heterocycles. The minimum absolute atomic E-state index is 0.0144. The van der Waals surface area contributed by atoms with Crippen LogP contribution in [0.1, 0.15) is 27.7 Å². The maximum absolute atomic E-state index is 11.9. The van der Waals surface area contributed by atoms with Gasteiger partial charge in [0.05, 0.1) is 5.75 Å². The van der Waals surface area contributed by atoms with Crippen LogP contribution in [0.4, 0.5) is 0 Å². The van der Waals surface area contributed by atoms with Crippen molar-refractivity contribution < 1.29 is 13.2 Å². The van der Waals surface area contributed by atoms with Crippen LogP contribution in [-0.2, 0) is 14.6 Å². The Balaban J connectivity index is 4.72. The van der Waals surface area contributed by atoms with E-state index in [-0.39, 0.29) is 23.5 Å². The first-order valence-corrected chi connectivity index (χ1v) is 8.00. The Hall–Kier alpha value is -1.10. The second-order valence-corrected chi connectivity index (χ2v) is 6.45. The minimum atomic E-state index is -3.06. The lowest BCUT2D eigenvalue weighted by molar-refractivity contribution is -0.127. The summed E-state index contributed by atoms with van der Waals surface area (Å²) in [6.45, 7) is 7.59. The maximum Gasteiger partial charge on any atom is 0.246 e. The van der Waals surface area contributed by atoms with E-state index in [1.54, 1.807) is 30.9 Å². The molecule has 4 nitrogen and oxygen atoms in total. The molecule has 0 aliphatic carbocycles. The summed E-state index contributed by atoms with van der Waals surface area (Å²) in [6.07, 6.45) is 6.70. The molecule has 0 radical (unpaired) electrons. The van der Waals surface area contributed by atoms with Crippen LogP contribution in [0.25, 0.3) is 0 Å². The fraction of sp³-hybridized carbons (Fsp3) is 0.615. The number of sulfone groups is 1. The zero-order chi connectivity index (χ0) is 14.2. The minimum Gasteiger partial charge on any atom is -0.336 e. The number of amides is 1. The van der Waals surface area contributed by atoms with Gasteiger partial charge in [-0.05, 0) is 20.8 Å². The highest BCUT2D eigenvalue weighted by Gasteiger charge is 2.21.